The molecule has 4 nitrogen and oxygen atoms in total. The first kappa shape index (κ1) is 12.5. The molecule has 0 atom stereocenters. The molecule has 0 unspecified atom stereocenters. The Balaban J connectivity index is 2.25. The molecule has 0 N–H and O–H groups in total. The van der Waals surface area contributed by atoms with Gasteiger partial charge in [-0.25, -0.2) is 4.79 Å². The fourth-order valence-electron chi connectivity index (χ4n) is 3.38. The minimum absolute atomic E-state index is 0.333. The molecule has 0 radical (unpaired) electrons. The van der Waals surface area contributed by atoms with Crippen molar-refractivity contribution in [3.63, 3.8) is 0 Å². The Hall–Kier alpha value is -2.23. The largest absolute Gasteiger partial charge is 0.496 e. The molecule has 108 valence electrons. The summed E-state index contributed by atoms with van der Waals surface area (Å²) in [5.74, 6) is 1.71. The van der Waals surface area contributed by atoms with Crippen molar-refractivity contribution in [1.29, 1.82) is 0 Å². The molecule has 1 aliphatic rings. The van der Waals surface area contributed by atoms with Crippen molar-refractivity contribution < 1.29 is 13.6 Å². The van der Waals surface area contributed by atoms with Gasteiger partial charge in [-0.2, -0.15) is 0 Å². The van der Waals surface area contributed by atoms with Crippen LogP contribution in [0.2, 0.25) is 0 Å². The van der Waals surface area contributed by atoms with Crippen LogP contribution in [0.15, 0.2) is 25.8 Å². The third kappa shape index (κ3) is 1.71. The van der Waals surface area contributed by atoms with Crippen molar-refractivity contribution in [3.05, 3.63) is 39.4 Å². The Kier molecular flexibility index (Phi) is 2.61. The molecule has 21 heavy (non-hydrogen) atoms. The van der Waals surface area contributed by atoms with Gasteiger partial charge in [-0.05, 0) is 31.7 Å². The quantitative estimate of drug-likeness (QED) is 0.639. The molecule has 3 aromatic rings. The Morgan fingerprint density at radius 1 is 1.10 bits per heavy atom. The highest BCUT2D eigenvalue weighted by Gasteiger charge is 2.23. The minimum atomic E-state index is -0.333. The fourth-order valence-corrected chi connectivity index (χ4v) is 3.38. The maximum atomic E-state index is 11.8. The molecule has 2 heterocycles. The van der Waals surface area contributed by atoms with E-state index < -0.39 is 0 Å². The van der Waals surface area contributed by atoms with Crippen molar-refractivity contribution in [1.82, 2.24) is 0 Å². The monoisotopic (exact) mass is 284 g/mol. The van der Waals surface area contributed by atoms with Crippen molar-refractivity contribution in [2.75, 3.05) is 7.11 Å². The van der Waals surface area contributed by atoms with E-state index in [9.17, 15) is 4.79 Å². The highest BCUT2D eigenvalue weighted by atomic mass is 16.5. The summed E-state index contributed by atoms with van der Waals surface area (Å²) in [6, 6.07) is 3.41. The highest BCUT2D eigenvalue weighted by molar-refractivity contribution is 6.08. The number of benzene rings is 1. The summed E-state index contributed by atoms with van der Waals surface area (Å²) in [7, 11) is 1.62. The molecule has 2 aromatic heterocycles. The van der Waals surface area contributed by atoms with Crippen molar-refractivity contribution in [3.8, 4) is 5.75 Å². The van der Waals surface area contributed by atoms with Gasteiger partial charge in [-0.1, -0.05) is 0 Å². The zero-order valence-electron chi connectivity index (χ0n) is 12.1. The molecule has 0 fully saturated rings. The third-order valence-corrected chi connectivity index (χ3v) is 4.31. The van der Waals surface area contributed by atoms with Gasteiger partial charge in [0.25, 0.3) is 0 Å². The number of hydrogen-bond acceptors (Lipinski definition) is 4. The minimum Gasteiger partial charge on any atom is -0.496 e. The second-order valence-electron chi connectivity index (χ2n) is 5.62. The number of methoxy groups -OCH3 is 1. The summed E-state index contributed by atoms with van der Waals surface area (Å²) < 4.78 is 17.0. The van der Waals surface area contributed by atoms with E-state index in [2.05, 4.69) is 0 Å². The third-order valence-electron chi connectivity index (χ3n) is 4.31. The Morgan fingerprint density at radius 2 is 1.90 bits per heavy atom. The van der Waals surface area contributed by atoms with E-state index in [1.165, 1.54) is 11.6 Å². The molecule has 1 aliphatic carbocycles. The average molecular weight is 284 g/mol. The standard InChI is InChI=1S/C17H16O4/c1-9-7-14(18)21-17-15(9)12(19-2)8-13-16(17)10-5-3-4-6-11(10)20-13/h7-8H,3-6H2,1-2H3. The van der Waals surface area contributed by atoms with Gasteiger partial charge in [0, 0.05) is 24.1 Å². The zero-order chi connectivity index (χ0) is 14.6. The highest BCUT2D eigenvalue weighted by Crippen LogP contribution is 2.40. The molecular formula is C17H16O4. The van der Waals surface area contributed by atoms with Gasteiger partial charge < -0.3 is 13.6 Å². The molecule has 0 amide bonds. The first-order chi connectivity index (χ1) is 10.2. The van der Waals surface area contributed by atoms with E-state index in [0.717, 1.165) is 53.4 Å². The van der Waals surface area contributed by atoms with Crippen LogP contribution in [-0.2, 0) is 12.8 Å². The van der Waals surface area contributed by atoms with Gasteiger partial charge in [0.05, 0.1) is 17.9 Å². The van der Waals surface area contributed by atoms with Crippen LogP contribution in [0.1, 0.15) is 29.7 Å². The van der Waals surface area contributed by atoms with Crippen LogP contribution in [0.3, 0.4) is 0 Å². The lowest BCUT2D eigenvalue weighted by molar-refractivity contribution is 0.417. The van der Waals surface area contributed by atoms with Gasteiger partial charge in [-0.15, -0.1) is 0 Å². The molecule has 0 spiro atoms. The molecule has 4 rings (SSSR count). The topological polar surface area (TPSA) is 52.6 Å². The summed E-state index contributed by atoms with van der Waals surface area (Å²) in [6.45, 7) is 1.90. The van der Waals surface area contributed by atoms with Crippen molar-refractivity contribution in [2.45, 2.75) is 32.6 Å². The Morgan fingerprint density at radius 3 is 2.71 bits per heavy atom. The zero-order valence-corrected chi connectivity index (χ0v) is 12.1. The number of hydrogen-bond donors (Lipinski definition) is 0. The number of aryl methyl sites for hydroxylation is 3. The molecule has 0 saturated heterocycles. The van der Waals surface area contributed by atoms with Crippen molar-refractivity contribution in [2.24, 2.45) is 0 Å². The fraction of sp³-hybridized carbons (Fsp3) is 0.353. The summed E-state index contributed by atoms with van der Waals surface area (Å²) in [5, 5.41) is 1.81. The first-order valence-corrected chi connectivity index (χ1v) is 7.24. The van der Waals surface area contributed by atoms with Crippen LogP contribution in [0, 0.1) is 6.92 Å². The van der Waals surface area contributed by atoms with Crippen molar-refractivity contribution >= 4 is 21.9 Å². The number of rotatable bonds is 1. The molecule has 4 heteroatoms. The second kappa shape index (κ2) is 4.38. The Labute approximate surface area is 121 Å². The average Bonchev–Trinajstić information content (AvgIpc) is 2.84. The first-order valence-electron chi connectivity index (χ1n) is 7.24. The van der Waals surface area contributed by atoms with Gasteiger partial charge in [0.2, 0.25) is 0 Å². The molecular weight excluding hydrogens is 268 g/mol. The van der Waals surface area contributed by atoms with Gasteiger partial charge in [-0.3, -0.25) is 0 Å². The van der Waals surface area contributed by atoms with Crippen LogP contribution in [0.4, 0.5) is 0 Å². The predicted octanol–water partition coefficient (Wildman–Crippen LogP) is 3.74. The van der Waals surface area contributed by atoms with Gasteiger partial charge >= 0.3 is 5.63 Å². The lowest BCUT2D eigenvalue weighted by atomic mass is 9.94. The summed E-state index contributed by atoms with van der Waals surface area (Å²) in [5.41, 5.74) is 3.07. The number of fused-ring (bicyclic) bond motifs is 5. The van der Waals surface area contributed by atoms with E-state index >= 15 is 0 Å². The van der Waals surface area contributed by atoms with E-state index in [0.29, 0.717) is 11.3 Å². The smallest absolute Gasteiger partial charge is 0.336 e. The Bertz CT molecular complexity index is 914. The van der Waals surface area contributed by atoms with Gasteiger partial charge in [0.1, 0.15) is 17.1 Å². The maximum absolute atomic E-state index is 11.8. The van der Waals surface area contributed by atoms with E-state index in [-0.39, 0.29) is 5.63 Å². The van der Waals surface area contributed by atoms with Crippen LogP contribution in [0.25, 0.3) is 21.9 Å². The number of ether oxygens (including phenoxy) is 1. The summed E-state index contributed by atoms with van der Waals surface area (Å²) in [4.78, 5) is 11.8. The summed E-state index contributed by atoms with van der Waals surface area (Å²) in [6.07, 6.45) is 4.21. The van der Waals surface area contributed by atoms with Crippen LogP contribution < -0.4 is 10.4 Å². The molecule has 0 bridgehead atoms. The van der Waals surface area contributed by atoms with Crippen LogP contribution >= 0.6 is 0 Å². The van der Waals surface area contributed by atoms with Crippen LogP contribution in [0.5, 0.6) is 5.75 Å². The number of furan rings is 1. The van der Waals surface area contributed by atoms with Gasteiger partial charge in [0.15, 0.2) is 5.58 Å². The lowest BCUT2D eigenvalue weighted by Gasteiger charge is -2.10. The van der Waals surface area contributed by atoms with E-state index in [1.807, 2.05) is 13.0 Å². The maximum Gasteiger partial charge on any atom is 0.336 e. The van der Waals surface area contributed by atoms with E-state index in [1.54, 1.807) is 7.11 Å². The van der Waals surface area contributed by atoms with E-state index in [4.69, 9.17) is 13.6 Å². The van der Waals surface area contributed by atoms with Crippen LogP contribution in [-0.4, -0.2) is 7.11 Å². The lowest BCUT2D eigenvalue weighted by Crippen LogP contribution is -2.01. The molecule has 1 aromatic carbocycles. The summed E-state index contributed by atoms with van der Waals surface area (Å²) >= 11 is 0. The molecule has 0 aliphatic heterocycles. The predicted molar refractivity (Wildman–Crippen MR) is 80.2 cm³/mol. The SMILES string of the molecule is COc1cc2oc3c(c2c2oc(=O)cc(C)c12)CCCC3. The second-order valence-corrected chi connectivity index (χ2v) is 5.62. The molecule has 0 saturated carbocycles. The normalized spacial score (nSPS) is 14.6.